The maximum absolute atomic E-state index is 13.1. The number of amides is 2. The van der Waals surface area contributed by atoms with E-state index in [9.17, 15) is 9.59 Å². The van der Waals surface area contributed by atoms with Crippen molar-refractivity contribution in [3.05, 3.63) is 76.5 Å². The normalized spacial score (nSPS) is 21.5. The van der Waals surface area contributed by atoms with Crippen molar-refractivity contribution >= 4 is 23.3 Å². The number of hydrazine groups is 1. The van der Waals surface area contributed by atoms with Crippen LogP contribution in [0.3, 0.4) is 0 Å². The highest BCUT2D eigenvalue weighted by Gasteiger charge is 2.45. The first-order chi connectivity index (χ1) is 17.5. The van der Waals surface area contributed by atoms with Crippen LogP contribution in [0.15, 0.2) is 48.5 Å². The van der Waals surface area contributed by atoms with E-state index in [1.165, 1.54) is 11.1 Å². The molecule has 0 saturated carbocycles. The second kappa shape index (κ2) is 9.32. The van der Waals surface area contributed by atoms with E-state index in [-0.39, 0.29) is 29.3 Å². The van der Waals surface area contributed by atoms with Gasteiger partial charge in [-0.15, -0.1) is 0 Å². The van der Waals surface area contributed by atoms with Gasteiger partial charge < -0.3 is 10.6 Å². The summed E-state index contributed by atoms with van der Waals surface area (Å²) in [5, 5.41) is 16.1. The monoisotopic (exact) mass is 501 g/mol. The van der Waals surface area contributed by atoms with Gasteiger partial charge in [0.05, 0.1) is 17.3 Å². The smallest absolute Gasteiger partial charge is 0.256 e. The molecule has 2 fully saturated rings. The van der Waals surface area contributed by atoms with Crippen molar-refractivity contribution in [1.82, 2.24) is 25.8 Å². The van der Waals surface area contributed by atoms with Gasteiger partial charge in [-0.05, 0) is 67.1 Å². The Hall–Kier alpha value is -3.69. The summed E-state index contributed by atoms with van der Waals surface area (Å²) in [6, 6.07) is 15.7. The maximum Gasteiger partial charge on any atom is 0.256 e. The van der Waals surface area contributed by atoms with Crippen LogP contribution >= 0.6 is 0 Å². The number of hydrogen-bond donors (Lipinski definition) is 4. The SMILES string of the molecule is Cc1cc(NC(=O)c2ccc(C(C)(C)C)cc2)n(C2NC(=O)C3CNN(c4ccc(C)c(C)c4)C3N2)n1. The van der Waals surface area contributed by atoms with Gasteiger partial charge in [-0.3, -0.25) is 19.9 Å². The Morgan fingerprint density at radius 2 is 1.76 bits per heavy atom. The molecule has 37 heavy (non-hydrogen) atoms. The van der Waals surface area contributed by atoms with Gasteiger partial charge in [-0.2, -0.15) is 5.10 Å². The fourth-order valence-corrected chi connectivity index (χ4v) is 4.83. The predicted octanol–water partition coefficient (Wildman–Crippen LogP) is 3.50. The third kappa shape index (κ3) is 4.84. The number of fused-ring (bicyclic) bond motifs is 1. The number of aryl methyl sites for hydroxylation is 3. The Balaban J connectivity index is 1.37. The summed E-state index contributed by atoms with van der Waals surface area (Å²) in [5.74, 6) is -0.0760. The van der Waals surface area contributed by atoms with Crippen LogP contribution in [0.1, 0.15) is 59.8 Å². The number of hydrogen-bond acceptors (Lipinski definition) is 6. The molecule has 9 heteroatoms. The number of nitrogens with one attached hydrogen (secondary N) is 4. The molecule has 2 aliphatic heterocycles. The highest BCUT2D eigenvalue weighted by molar-refractivity contribution is 6.03. The van der Waals surface area contributed by atoms with E-state index >= 15 is 0 Å². The van der Waals surface area contributed by atoms with Gasteiger partial charge in [0.2, 0.25) is 5.91 Å². The highest BCUT2D eigenvalue weighted by Crippen LogP contribution is 2.29. The molecular formula is C28H35N7O2. The van der Waals surface area contributed by atoms with Crippen molar-refractivity contribution in [1.29, 1.82) is 0 Å². The van der Waals surface area contributed by atoms with Gasteiger partial charge in [0, 0.05) is 18.2 Å². The highest BCUT2D eigenvalue weighted by atomic mass is 16.2. The summed E-state index contributed by atoms with van der Waals surface area (Å²) in [6.45, 7) is 13.0. The lowest BCUT2D eigenvalue weighted by atomic mass is 9.87. The Bertz CT molecular complexity index is 1340. The van der Waals surface area contributed by atoms with E-state index in [0.717, 1.165) is 16.9 Å². The molecule has 2 aromatic carbocycles. The number of carbonyl (C=O) groups excluding carboxylic acids is 2. The lowest BCUT2D eigenvalue weighted by Gasteiger charge is -2.37. The molecule has 4 N–H and O–H groups in total. The molecule has 5 rings (SSSR count). The zero-order valence-corrected chi connectivity index (χ0v) is 22.2. The van der Waals surface area contributed by atoms with Crippen LogP contribution in [0.4, 0.5) is 11.5 Å². The number of benzene rings is 2. The van der Waals surface area contributed by atoms with Crippen molar-refractivity contribution in [2.45, 2.75) is 59.4 Å². The maximum atomic E-state index is 13.1. The molecule has 1 aromatic heterocycles. The van der Waals surface area contributed by atoms with Crippen LogP contribution in [-0.4, -0.2) is 34.3 Å². The van der Waals surface area contributed by atoms with Gasteiger partial charge in [-0.1, -0.05) is 39.0 Å². The van der Waals surface area contributed by atoms with Crippen molar-refractivity contribution in [2.24, 2.45) is 5.92 Å². The van der Waals surface area contributed by atoms with Crippen LogP contribution in [-0.2, 0) is 10.2 Å². The molecule has 9 nitrogen and oxygen atoms in total. The summed E-state index contributed by atoms with van der Waals surface area (Å²) >= 11 is 0. The number of carbonyl (C=O) groups is 2. The van der Waals surface area contributed by atoms with E-state index in [0.29, 0.717) is 17.9 Å². The molecule has 0 radical (unpaired) electrons. The van der Waals surface area contributed by atoms with Gasteiger partial charge >= 0.3 is 0 Å². The zero-order chi connectivity index (χ0) is 26.5. The fourth-order valence-electron chi connectivity index (χ4n) is 4.83. The Morgan fingerprint density at radius 3 is 2.43 bits per heavy atom. The minimum Gasteiger partial charge on any atom is -0.321 e. The molecule has 0 spiro atoms. The van der Waals surface area contributed by atoms with E-state index < -0.39 is 6.29 Å². The number of anilines is 2. The fraction of sp³-hybridized carbons (Fsp3) is 0.393. The summed E-state index contributed by atoms with van der Waals surface area (Å²) in [4.78, 5) is 26.2. The number of aromatic nitrogens is 2. The standard InChI is InChI=1S/C28H35N7O2/c1-16-7-12-21(13-17(16)2)34-24-22(15-29-34)26(37)32-27(31-24)35-23(14-18(3)33-35)30-25(36)19-8-10-20(11-9-19)28(4,5)6/h7-14,22,24,27,29,31H,15H2,1-6H3,(H,30,36)(H,32,37). The van der Waals surface area contributed by atoms with E-state index in [1.807, 2.05) is 36.2 Å². The molecule has 3 unspecified atom stereocenters. The van der Waals surface area contributed by atoms with Crippen LogP contribution in [0.25, 0.3) is 0 Å². The first-order valence-electron chi connectivity index (χ1n) is 12.7. The first kappa shape index (κ1) is 25.0. The second-order valence-electron chi connectivity index (χ2n) is 11.0. The summed E-state index contributed by atoms with van der Waals surface area (Å²) in [6.07, 6.45) is -0.909. The molecule has 194 valence electrons. The number of nitrogens with zero attached hydrogens (tertiary/aromatic N) is 3. The molecule has 3 aromatic rings. The van der Waals surface area contributed by atoms with Crippen LogP contribution < -0.4 is 26.4 Å². The van der Waals surface area contributed by atoms with Gasteiger partial charge in [0.15, 0.2) is 6.29 Å². The Morgan fingerprint density at radius 1 is 1.03 bits per heavy atom. The van der Waals surface area contributed by atoms with Gasteiger partial charge in [0.1, 0.15) is 12.0 Å². The topological polar surface area (TPSA) is 103 Å². The molecule has 2 amide bonds. The first-order valence-corrected chi connectivity index (χ1v) is 12.7. The molecule has 2 aliphatic rings. The third-order valence-corrected chi connectivity index (χ3v) is 7.21. The molecule has 2 saturated heterocycles. The van der Waals surface area contributed by atoms with Crippen molar-refractivity contribution in [2.75, 3.05) is 16.9 Å². The van der Waals surface area contributed by atoms with Crippen LogP contribution in [0, 0.1) is 26.7 Å². The van der Waals surface area contributed by atoms with Crippen molar-refractivity contribution < 1.29 is 9.59 Å². The third-order valence-electron chi connectivity index (χ3n) is 7.21. The lowest BCUT2D eigenvalue weighted by molar-refractivity contribution is -0.129. The second-order valence-corrected chi connectivity index (χ2v) is 11.0. The summed E-state index contributed by atoms with van der Waals surface area (Å²) in [5.41, 5.74) is 9.20. The molecular weight excluding hydrogens is 466 g/mol. The van der Waals surface area contributed by atoms with Crippen LogP contribution in [0.2, 0.25) is 0 Å². The van der Waals surface area contributed by atoms with E-state index in [4.69, 9.17) is 0 Å². The summed E-state index contributed by atoms with van der Waals surface area (Å²) < 4.78 is 1.63. The van der Waals surface area contributed by atoms with E-state index in [1.54, 1.807) is 10.7 Å². The average Bonchev–Trinajstić information content (AvgIpc) is 3.44. The molecule has 3 heterocycles. The predicted molar refractivity (Wildman–Crippen MR) is 144 cm³/mol. The lowest BCUT2D eigenvalue weighted by Crippen LogP contribution is -2.61. The van der Waals surface area contributed by atoms with Gasteiger partial charge in [0.25, 0.3) is 5.91 Å². The molecule has 3 atom stereocenters. The van der Waals surface area contributed by atoms with Crippen molar-refractivity contribution in [3.8, 4) is 0 Å². The minimum atomic E-state index is -0.630. The number of rotatable bonds is 4. The summed E-state index contributed by atoms with van der Waals surface area (Å²) in [7, 11) is 0. The Labute approximate surface area is 217 Å². The Kier molecular flexibility index (Phi) is 6.29. The molecule has 0 aliphatic carbocycles. The van der Waals surface area contributed by atoms with E-state index in [2.05, 4.69) is 79.3 Å². The van der Waals surface area contributed by atoms with Crippen molar-refractivity contribution in [3.63, 3.8) is 0 Å². The quantitative estimate of drug-likeness (QED) is 0.436. The van der Waals surface area contributed by atoms with Gasteiger partial charge in [-0.25, -0.2) is 10.1 Å². The largest absolute Gasteiger partial charge is 0.321 e. The zero-order valence-electron chi connectivity index (χ0n) is 22.2. The van der Waals surface area contributed by atoms with Crippen LogP contribution in [0.5, 0.6) is 0 Å². The average molecular weight is 502 g/mol. The molecule has 0 bridgehead atoms. The minimum absolute atomic E-state index is 0.00765.